The first-order valence-corrected chi connectivity index (χ1v) is 16.1. The van der Waals surface area contributed by atoms with Crippen LogP contribution in [0, 0.1) is 0 Å². The lowest BCUT2D eigenvalue weighted by atomic mass is 10.0. The van der Waals surface area contributed by atoms with Crippen molar-refractivity contribution >= 4 is 31.6 Å². The van der Waals surface area contributed by atoms with Crippen molar-refractivity contribution in [2.75, 3.05) is 58.7 Å². The van der Waals surface area contributed by atoms with Gasteiger partial charge in [0.15, 0.2) is 0 Å². The van der Waals surface area contributed by atoms with Gasteiger partial charge in [0.1, 0.15) is 6.61 Å². The number of benzene rings is 1. The summed E-state index contributed by atoms with van der Waals surface area (Å²) in [6.07, 6.45) is 4.50. The van der Waals surface area contributed by atoms with Gasteiger partial charge in [0.2, 0.25) is 30.0 Å². The molecule has 2 heterocycles. The molecule has 42 heavy (non-hydrogen) atoms. The molecule has 2 aromatic heterocycles. The molecule has 0 spiro atoms. The number of aliphatic carboxylic acids is 1. The summed E-state index contributed by atoms with van der Waals surface area (Å²) in [5.74, 6) is -1.54. The van der Waals surface area contributed by atoms with E-state index in [0.717, 1.165) is 12.5 Å². The molecule has 0 bridgehead atoms. The van der Waals surface area contributed by atoms with Gasteiger partial charge in [-0.25, -0.2) is 41.6 Å². The molecule has 0 saturated carbocycles. The number of hydrogen-bond donors (Lipinski definition) is 2. The highest BCUT2D eigenvalue weighted by Gasteiger charge is 2.17. The second-order valence-corrected chi connectivity index (χ2v) is 12.5. The maximum absolute atomic E-state index is 13.0. The highest BCUT2D eigenvalue weighted by Crippen LogP contribution is 2.27. The fraction of sp³-hybridized carbons (Fsp3) is 0.360. The summed E-state index contributed by atoms with van der Waals surface area (Å²) in [6, 6.07) is 7.56. The summed E-state index contributed by atoms with van der Waals surface area (Å²) < 4.78 is 63.5. The smallest absolute Gasteiger partial charge is 0.329 e. The summed E-state index contributed by atoms with van der Waals surface area (Å²) in [4.78, 5) is 39.2. The number of nitrogens with one attached hydrogen (secondary N) is 1. The topological polar surface area (TPSA) is 214 Å². The molecule has 15 nitrogen and oxygen atoms in total. The maximum Gasteiger partial charge on any atom is 0.329 e. The SMILES string of the molecule is CS(=O)(=O)c1nccc(-c2cc(C(=O)NCCOCCOCCOCC(=O)O)cc(-c3ccnc(S(C)(=O)=O)n3)c2)n1. The van der Waals surface area contributed by atoms with Crippen LogP contribution >= 0.6 is 0 Å². The van der Waals surface area contributed by atoms with Crippen LogP contribution in [0.4, 0.5) is 0 Å². The zero-order valence-corrected chi connectivity index (χ0v) is 24.4. The third kappa shape index (κ3) is 10.2. The molecule has 0 aliphatic rings. The number of amides is 1. The molecule has 0 radical (unpaired) electrons. The number of aromatic nitrogens is 4. The second-order valence-electron chi connectivity index (χ2n) is 8.72. The average Bonchev–Trinajstić information content (AvgIpc) is 2.94. The van der Waals surface area contributed by atoms with E-state index in [9.17, 15) is 26.4 Å². The molecular formula is C25H29N5O10S2. The van der Waals surface area contributed by atoms with Crippen LogP contribution in [0.2, 0.25) is 0 Å². The molecule has 1 aromatic carbocycles. The largest absolute Gasteiger partial charge is 0.480 e. The first-order valence-electron chi connectivity index (χ1n) is 12.3. The van der Waals surface area contributed by atoms with E-state index in [4.69, 9.17) is 19.3 Å². The molecule has 0 saturated heterocycles. The third-order valence-electron chi connectivity index (χ3n) is 5.22. The Labute approximate surface area is 242 Å². The van der Waals surface area contributed by atoms with E-state index < -0.39 is 48.5 Å². The molecule has 0 fully saturated rings. The van der Waals surface area contributed by atoms with Crippen LogP contribution in [0.3, 0.4) is 0 Å². The molecular weight excluding hydrogens is 594 g/mol. The lowest BCUT2D eigenvalue weighted by Gasteiger charge is -2.11. The van der Waals surface area contributed by atoms with Crippen molar-refractivity contribution in [1.82, 2.24) is 25.3 Å². The van der Waals surface area contributed by atoms with E-state index in [1.807, 2.05) is 0 Å². The van der Waals surface area contributed by atoms with Crippen LogP contribution in [-0.4, -0.2) is 112 Å². The average molecular weight is 624 g/mol. The highest BCUT2D eigenvalue weighted by molar-refractivity contribution is 7.90. The van der Waals surface area contributed by atoms with Crippen LogP contribution in [0.25, 0.3) is 22.5 Å². The Morgan fingerprint density at radius 3 is 1.71 bits per heavy atom. The Morgan fingerprint density at radius 2 is 1.24 bits per heavy atom. The van der Waals surface area contributed by atoms with Crippen LogP contribution < -0.4 is 5.32 Å². The standard InChI is InChI=1S/C25H29N5O10S2/c1-41(34,35)24-27-5-3-20(29-24)17-13-18(21-4-6-28-25(30-21)42(2,36)37)15-19(14-17)23(33)26-7-8-38-9-10-39-11-12-40-16-22(31)32/h3-6,13-15H,7-12,16H2,1-2H3,(H,26,33)(H,31,32). The normalized spacial score (nSPS) is 11.8. The summed E-state index contributed by atoms with van der Waals surface area (Å²) in [6.45, 7) is 0.758. The molecule has 2 N–H and O–H groups in total. The quantitative estimate of drug-likeness (QED) is 0.162. The molecule has 17 heteroatoms. The van der Waals surface area contributed by atoms with Crippen molar-refractivity contribution in [3.05, 3.63) is 48.3 Å². The Hall–Kier alpha value is -3.90. The molecule has 0 aliphatic carbocycles. The van der Waals surface area contributed by atoms with Crippen LogP contribution in [0.5, 0.6) is 0 Å². The lowest BCUT2D eigenvalue weighted by Crippen LogP contribution is -2.27. The lowest BCUT2D eigenvalue weighted by molar-refractivity contribution is -0.142. The molecule has 1 amide bonds. The first-order chi connectivity index (χ1) is 19.8. The number of carboxylic acid groups (broad SMARTS) is 1. The molecule has 3 aromatic rings. The van der Waals surface area contributed by atoms with Gasteiger partial charge in [-0.05, 0) is 30.3 Å². The van der Waals surface area contributed by atoms with Gasteiger partial charge in [0, 0.05) is 48.1 Å². The maximum atomic E-state index is 13.0. The second kappa shape index (κ2) is 14.8. The molecule has 226 valence electrons. The number of rotatable bonds is 16. The van der Waals surface area contributed by atoms with Gasteiger partial charge in [-0.2, -0.15) is 0 Å². The third-order valence-corrected chi connectivity index (χ3v) is 6.94. The molecule has 0 atom stereocenters. The fourth-order valence-corrected chi connectivity index (χ4v) is 4.39. The number of carbonyl (C=O) groups excluding carboxylic acids is 1. The summed E-state index contributed by atoms with van der Waals surface area (Å²) in [5, 5.41) is 10.4. The number of sulfone groups is 2. The molecule has 0 unspecified atom stereocenters. The van der Waals surface area contributed by atoms with Crippen molar-refractivity contribution in [3.8, 4) is 22.5 Å². The van der Waals surface area contributed by atoms with E-state index in [2.05, 4.69) is 25.3 Å². The van der Waals surface area contributed by atoms with E-state index in [0.29, 0.717) is 11.1 Å². The first kappa shape index (κ1) is 32.6. The predicted molar refractivity (Wildman–Crippen MR) is 147 cm³/mol. The number of carboxylic acids is 1. The van der Waals surface area contributed by atoms with Crippen molar-refractivity contribution in [2.45, 2.75) is 10.3 Å². The van der Waals surface area contributed by atoms with E-state index in [1.54, 1.807) is 6.07 Å². The number of hydrogen-bond acceptors (Lipinski definition) is 13. The van der Waals surface area contributed by atoms with Crippen molar-refractivity contribution in [2.24, 2.45) is 0 Å². The van der Waals surface area contributed by atoms with Crippen molar-refractivity contribution < 1.29 is 45.7 Å². The Morgan fingerprint density at radius 1 is 0.762 bits per heavy atom. The number of carbonyl (C=O) groups is 2. The minimum Gasteiger partial charge on any atom is -0.480 e. The predicted octanol–water partition coefficient (Wildman–Crippen LogP) is 0.272. The fourth-order valence-electron chi connectivity index (χ4n) is 3.35. The van der Waals surface area contributed by atoms with Gasteiger partial charge in [0.25, 0.3) is 5.91 Å². The minimum atomic E-state index is -3.71. The van der Waals surface area contributed by atoms with Gasteiger partial charge < -0.3 is 24.6 Å². The van der Waals surface area contributed by atoms with Gasteiger partial charge >= 0.3 is 5.97 Å². The molecule has 0 aliphatic heterocycles. The van der Waals surface area contributed by atoms with Crippen molar-refractivity contribution in [1.29, 1.82) is 0 Å². The summed E-state index contributed by atoms with van der Waals surface area (Å²) in [7, 11) is -7.43. The van der Waals surface area contributed by atoms with E-state index in [1.165, 1.54) is 36.7 Å². The number of nitrogens with zero attached hydrogens (tertiary/aromatic N) is 4. The Kier molecular flexibility index (Phi) is 11.5. The zero-order chi connectivity index (χ0) is 30.8. The Bertz CT molecular complexity index is 1540. The minimum absolute atomic E-state index is 0.137. The Balaban J connectivity index is 1.73. The van der Waals surface area contributed by atoms with Gasteiger partial charge in [-0.15, -0.1) is 0 Å². The van der Waals surface area contributed by atoms with Gasteiger partial charge in [0.05, 0.1) is 44.4 Å². The van der Waals surface area contributed by atoms with Gasteiger partial charge in [-0.3, -0.25) is 4.79 Å². The van der Waals surface area contributed by atoms with Crippen LogP contribution in [-0.2, 0) is 38.7 Å². The van der Waals surface area contributed by atoms with Crippen LogP contribution in [0.1, 0.15) is 10.4 Å². The van der Waals surface area contributed by atoms with Crippen LogP contribution in [0.15, 0.2) is 53.0 Å². The summed E-state index contributed by atoms with van der Waals surface area (Å²) in [5.41, 5.74) is 1.34. The summed E-state index contributed by atoms with van der Waals surface area (Å²) >= 11 is 0. The monoisotopic (exact) mass is 623 g/mol. The zero-order valence-electron chi connectivity index (χ0n) is 22.7. The molecule has 3 rings (SSSR count). The highest BCUT2D eigenvalue weighted by atomic mass is 32.2. The van der Waals surface area contributed by atoms with E-state index in [-0.39, 0.29) is 56.5 Å². The van der Waals surface area contributed by atoms with Crippen molar-refractivity contribution in [3.63, 3.8) is 0 Å². The number of ether oxygens (including phenoxy) is 3. The van der Waals surface area contributed by atoms with E-state index >= 15 is 0 Å². The van der Waals surface area contributed by atoms with Gasteiger partial charge in [-0.1, -0.05) is 0 Å².